The van der Waals surface area contributed by atoms with E-state index in [1.54, 1.807) is 12.3 Å². The number of aromatic amines is 1. The molecular weight excluding hydrogens is 166 g/mol. The van der Waals surface area contributed by atoms with E-state index in [-0.39, 0.29) is 6.04 Å². The summed E-state index contributed by atoms with van der Waals surface area (Å²) in [6.07, 6.45) is 4.73. The summed E-state index contributed by atoms with van der Waals surface area (Å²) >= 11 is 0. The lowest BCUT2D eigenvalue weighted by molar-refractivity contribution is 0.837. The van der Waals surface area contributed by atoms with Crippen LogP contribution in [0.15, 0.2) is 25.2 Å². The predicted octanol–water partition coefficient (Wildman–Crippen LogP) is 0.539. The topological polar surface area (TPSA) is 80.5 Å². The summed E-state index contributed by atoms with van der Waals surface area (Å²) < 4.78 is 0. The molecule has 0 aliphatic carbocycles. The lowest BCUT2D eigenvalue weighted by Gasteiger charge is -1.98. The maximum absolute atomic E-state index is 5.70. The molecule has 1 unspecified atom stereocenters. The molecule has 0 spiro atoms. The molecule has 66 valence electrons. The number of nitrogens with two attached hydrogens (primary N) is 1. The van der Waals surface area contributed by atoms with Crippen molar-refractivity contribution in [1.82, 2.24) is 19.9 Å². The molecule has 2 aromatic rings. The number of fused-ring (bicyclic) bond motifs is 1. The Balaban J connectivity index is 2.55. The van der Waals surface area contributed by atoms with Crippen LogP contribution in [0.3, 0.4) is 0 Å². The second-order valence-electron chi connectivity index (χ2n) is 2.64. The van der Waals surface area contributed by atoms with Gasteiger partial charge in [0.2, 0.25) is 0 Å². The van der Waals surface area contributed by atoms with Crippen LogP contribution >= 0.6 is 0 Å². The van der Waals surface area contributed by atoms with E-state index in [1.165, 1.54) is 6.33 Å². The number of hydrogen-bond acceptors (Lipinski definition) is 4. The fourth-order valence-corrected chi connectivity index (χ4v) is 1.05. The maximum atomic E-state index is 5.70. The molecular formula is C8H9N5. The Bertz CT molecular complexity index is 400. The van der Waals surface area contributed by atoms with E-state index in [4.69, 9.17) is 5.73 Å². The van der Waals surface area contributed by atoms with Gasteiger partial charge in [0.15, 0.2) is 5.65 Å². The number of H-pyrrole nitrogens is 1. The van der Waals surface area contributed by atoms with Gasteiger partial charge in [0.1, 0.15) is 17.7 Å². The average Bonchev–Trinajstić information content (AvgIpc) is 2.59. The minimum Gasteiger partial charge on any atom is -0.338 e. The summed E-state index contributed by atoms with van der Waals surface area (Å²) in [5.74, 6) is 0.658. The summed E-state index contributed by atoms with van der Waals surface area (Å²) in [6.45, 7) is 3.59. The molecule has 0 saturated carbocycles. The highest BCUT2D eigenvalue weighted by molar-refractivity contribution is 5.68. The number of nitrogens with zero attached hydrogens (tertiary/aromatic N) is 3. The highest BCUT2D eigenvalue weighted by Crippen LogP contribution is 2.11. The van der Waals surface area contributed by atoms with Crippen LogP contribution < -0.4 is 5.73 Å². The normalized spacial score (nSPS) is 13.0. The number of rotatable bonds is 2. The highest BCUT2D eigenvalue weighted by Gasteiger charge is 2.07. The van der Waals surface area contributed by atoms with Gasteiger partial charge < -0.3 is 10.7 Å². The van der Waals surface area contributed by atoms with E-state index in [2.05, 4.69) is 26.5 Å². The van der Waals surface area contributed by atoms with Crippen LogP contribution in [0, 0.1) is 0 Å². The molecule has 0 saturated heterocycles. The molecule has 3 N–H and O–H groups in total. The van der Waals surface area contributed by atoms with Gasteiger partial charge >= 0.3 is 0 Å². The standard InChI is InChI=1S/C8H9N5/c1-2-5(9)7-12-6-3-10-4-11-8(6)13-7/h2-5H,1,9H2,(H,10,11,12,13). The third kappa shape index (κ3) is 1.29. The second kappa shape index (κ2) is 2.95. The predicted molar refractivity (Wildman–Crippen MR) is 48.8 cm³/mol. The van der Waals surface area contributed by atoms with Crippen molar-refractivity contribution in [3.05, 3.63) is 31.0 Å². The maximum Gasteiger partial charge on any atom is 0.180 e. The van der Waals surface area contributed by atoms with Crippen molar-refractivity contribution >= 4 is 11.2 Å². The largest absolute Gasteiger partial charge is 0.338 e. The molecule has 0 amide bonds. The van der Waals surface area contributed by atoms with Crippen LogP contribution in [-0.2, 0) is 0 Å². The Kier molecular flexibility index (Phi) is 1.79. The van der Waals surface area contributed by atoms with Crippen molar-refractivity contribution in [3.63, 3.8) is 0 Å². The summed E-state index contributed by atoms with van der Waals surface area (Å²) in [7, 11) is 0. The lowest BCUT2D eigenvalue weighted by Crippen LogP contribution is -2.08. The zero-order valence-corrected chi connectivity index (χ0v) is 6.94. The molecule has 5 heteroatoms. The average molecular weight is 175 g/mol. The van der Waals surface area contributed by atoms with Crippen molar-refractivity contribution in [2.75, 3.05) is 0 Å². The van der Waals surface area contributed by atoms with Crippen LogP contribution in [-0.4, -0.2) is 19.9 Å². The molecule has 5 nitrogen and oxygen atoms in total. The van der Waals surface area contributed by atoms with E-state index in [0.29, 0.717) is 11.5 Å². The molecule has 2 heterocycles. The first kappa shape index (κ1) is 7.88. The number of imidazole rings is 1. The monoisotopic (exact) mass is 175 g/mol. The molecule has 1 atom stereocenters. The highest BCUT2D eigenvalue weighted by atomic mass is 15.0. The van der Waals surface area contributed by atoms with E-state index < -0.39 is 0 Å². The van der Waals surface area contributed by atoms with Gasteiger partial charge in [-0.1, -0.05) is 6.08 Å². The van der Waals surface area contributed by atoms with Crippen molar-refractivity contribution in [3.8, 4) is 0 Å². The Morgan fingerprint density at radius 1 is 1.62 bits per heavy atom. The smallest absolute Gasteiger partial charge is 0.180 e. The van der Waals surface area contributed by atoms with Gasteiger partial charge in [-0.15, -0.1) is 6.58 Å². The first-order valence-electron chi connectivity index (χ1n) is 3.85. The minimum absolute atomic E-state index is 0.283. The molecule has 0 aliphatic rings. The summed E-state index contributed by atoms with van der Waals surface area (Å²) in [5, 5.41) is 0. The summed E-state index contributed by atoms with van der Waals surface area (Å²) in [5.41, 5.74) is 7.11. The SMILES string of the molecule is C=CC(N)c1nc2ncncc2[nH]1. The third-order valence-corrected chi connectivity index (χ3v) is 1.75. The zero-order chi connectivity index (χ0) is 9.26. The molecule has 2 rings (SSSR count). The molecule has 0 radical (unpaired) electrons. The van der Waals surface area contributed by atoms with Gasteiger partial charge in [-0.3, -0.25) is 0 Å². The van der Waals surface area contributed by atoms with Gasteiger partial charge in [0.05, 0.1) is 12.2 Å². The van der Waals surface area contributed by atoms with Gasteiger partial charge in [0, 0.05) is 0 Å². The molecule has 13 heavy (non-hydrogen) atoms. The van der Waals surface area contributed by atoms with Crippen molar-refractivity contribution in [2.24, 2.45) is 5.73 Å². The number of hydrogen-bond donors (Lipinski definition) is 2. The van der Waals surface area contributed by atoms with Crippen molar-refractivity contribution in [2.45, 2.75) is 6.04 Å². The first-order chi connectivity index (χ1) is 6.31. The molecule has 0 aromatic carbocycles. The number of aromatic nitrogens is 4. The Labute approximate surface area is 74.7 Å². The van der Waals surface area contributed by atoms with Crippen LogP contribution in [0.25, 0.3) is 11.2 Å². The lowest BCUT2D eigenvalue weighted by atomic mass is 10.3. The van der Waals surface area contributed by atoms with Gasteiger partial charge in [0.25, 0.3) is 0 Å². The van der Waals surface area contributed by atoms with Crippen molar-refractivity contribution < 1.29 is 0 Å². The molecule has 0 bridgehead atoms. The van der Waals surface area contributed by atoms with E-state index >= 15 is 0 Å². The van der Waals surface area contributed by atoms with Crippen molar-refractivity contribution in [1.29, 1.82) is 0 Å². The van der Waals surface area contributed by atoms with Gasteiger partial charge in [-0.2, -0.15) is 0 Å². The molecule has 0 fully saturated rings. The Morgan fingerprint density at radius 3 is 3.15 bits per heavy atom. The zero-order valence-electron chi connectivity index (χ0n) is 6.94. The summed E-state index contributed by atoms with van der Waals surface area (Å²) in [4.78, 5) is 15.0. The molecule has 0 aliphatic heterocycles. The first-order valence-corrected chi connectivity index (χ1v) is 3.85. The van der Waals surface area contributed by atoms with E-state index in [1.807, 2.05) is 0 Å². The van der Waals surface area contributed by atoms with Crippen LogP contribution in [0.4, 0.5) is 0 Å². The number of nitrogens with one attached hydrogen (secondary N) is 1. The van der Waals surface area contributed by atoms with Crippen LogP contribution in [0.1, 0.15) is 11.9 Å². The third-order valence-electron chi connectivity index (χ3n) is 1.75. The van der Waals surface area contributed by atoms with Gasteiger partial charge in [-0.25, -0.2) is 15.0 Å². The summed E-state index contributed by atoms with van der Waals surface area (Å²) in [6, 6.07) is -0.283. The Hall–Kier alpha value is -1.75. The van der Waals surface area contributed by atoms with Gasteiger partial charge in [-0.05, 0) is 0 Å². The fraction of sp³-hybridized carbons (Fsp3) is 0.125. The van der Waals surface area contributed by atoms with E-state index in [0.717, 1.165) is 5.52 Å². The quantitative estimate of drug-likeness (QED) is 0.653. The minimum atomic E-state index is -0.283. The van der Waals surface area contributed by atoms with Crippen LogP contribution in [0.5, 0.6) is 0 Å². The Morgan fingerprint density at radius 2 is 2.46 bits per heavy atom. The van der Waals surface area contributed by atoms with E-state index in [9.17, 15) is 0 Å². The van der Waals surface area contributed by atoms with Crippen LogP contribution in [0.2, 0.25) is 0 Å². The second-order valence-corrected chi connectivity index (χ2v) is 2.64. The fourth-order valence-electron chi connectivity index (χ4n) is 1.05. The molecule has 2 aromatic heterocycles.